The van der Waals surface area contributed by atoms with Crippen LogP contribution in [0.1, 0.15) is 18.0 Å². The van der Waals surface area contributed by atoms with Crippen LogP contribution in [0.2, 0.25) is 0 Å². The molecule has 0 aliphatic rings. The third-order valence-corrected chi connectivity index (χ3v) is 2.37. The van der Waals surface area contributed by atoms with E-state index in [1.807, 2.05) is 12.1 Å². The van der Waals surface area contributed by atoms with Gasteiger partial charge in [-0.3, -0.25) is 0 Å². The van der Waals surface area contributed by atoms with Crippen LogP contribution < -0.4 is 5.73 Å². The summed E-state index contributed by atoms with van der Waals surface area (Å²) in [6.45, 7) is 3.67. The minimum atomic E-state index is 0.0946. The molecule has 2 N–H and O–H groups in total. The molecule has 0 aromatic heterocycles. The highest BCUT2D eigenvalue weighted by atomic mass is 127. The van der Waals surface area contributed by atoms with E-state index in [2.05, 4.69) is 47.4 Å². The molecule has 12 heavy (non-hydrogen) atoms. The fraction of sp³-hybridized carbons (Fsp3) is 0.200. The van der Waals surface area contributed by atoms with Crippen molar-refractivity contribution in [2.24, 2.45) is 5.73 Å². The molecule has 1 unspecified atom stereocenters. The van der Waals surface area contributed by atoms with Gasteiger partial charge in [-0.25, -0.2) is 0 Å². The molecule has 0 bridgehead atoms. The van der Waals surface area contributed by atoms with Gasteiger partial charge in [-0.2, -0.15) is 0 Å². The summed E-state index contributed by atoms with van der Waals surface area (Å²) in [5.74, 6) is 0. The second kappa shape index (κ2) is 4.62. The molecule has 1 nitrogen and oxygen atoms in total. The van der Waals surface area contributed by atoms with Gasteiger partial charge in [0.25, 0.3) is 0 Å². The Bertz CT molecular complexity index is 270. The smallest absolute Gasteiger partial charge is 0.0330 e. The van der Waals surface area contributed by atoms with E-state index in [4.69, 9.17) is 5.73 Å². The molecule has 1 atom stereocenters. The number of halogens is 1. The second-order valence-electron chi connectivity index (χ2n) is 2.69. The fourth-order valence-corrected chi connectivity index (χ4v) is 1.62. The molecule has 1 aromatic rings. The zero-order valence-corrected chi connectivity index (χ0v) is 8.99. The summed E-state index contributed by atoms with van der Waals surface area (Å²) in [6, 6.07) is 8.34. The SMILES string of the molecule is C=CCC(N)c1cccc(I)c1. The standard InChI is InChI=1S/C10H12IN/c1-2-4-10(12)8-5-3-6-9(11)7-8/h2-3,5-7,10H,1,4,12H2. The van der Waals surface area contributed by atoms with Crippen LogP contribution in [-0.4, -0.2) is 0 Å². The third kappa shape index (κ3) is 2.60. The molecule has 64 valence electrons. The fourth-order valence-electron chi connectivity index (χ4n) is 1.05. The van der Waals surface area contributed by atoms with E-state index in [0.29, 0.717) is 0 Å². The van der Waals surface area contributed by atoms with Crippen molar-refractivity contribution in [1.29, 1.82) is 0 Å². The molecule has 0 spiro atoms. The zero-order chi connectivity index (χ0) is 8.97. The summed E-state index contributed by atoms with van der Waals surface area (Å²) in [5, 5.41) is 0. The highest BCUT2D eigenvalue weighted by Crippen LogP contribution is 2.16. The van der Waals surface area contributed by atoms with Gasteiger partial charge in [0.2, 0.25) is 0 Å². The quantitative estimate of drug-likeness (QED) is 0.665. The van der Waals surface area contributed by atoms with Crippen molar-refractivity contribution >= 4 is 22.6 Å². The van der Waals surface area contributed by atoms with Crippen LogP contribution in [0.4, 0.5) is 0 Å². The molecule has 0 fully saturated rings. The number of hydrogen-bond donors (Lipinski definition) is 1. The summed E-state index contributed by atoms with van der Waals surface area (Å²) in [7, 11) is 0. The number of rotatable bonds is 3. The van der Waals surface area contributed by atoms with E-state index in [0.717, 1.165) is 6.42 Å². The predicted octanol–water partition coefficient (Wildman–Crippen LogP) is 2.87. The van der Waals surface area contributed by atoms with Crippen LogP contribution in [0, 0.1) is 3.57 Å². The van der Waals surface area contributed by atoms with Crippen molar-refractivity contribution in [3.8, 4) is 0 Å². The molecule has 2 heteroatoms. The van der Waals surface area contributed by atoms with Gasteiger partial charge in [-0.05, 0) is 46.7 Å². The molecular formula is C10H12IN. The summed E-state index contributed by atoms with van der Waals surface area (Å²) in [5.41, 5.74) is 7.08. The Morgan fingerprint density at radius 3 is 2.92 bits per heavy atom. The van der Waals surface area contributed by atoms with Crippen molar-refractivity contribution < 1.29 is 0 Å². The molecule has 0 heterocycles. The molecule has 1 rings (SSSR count). The Hall–Kier alpha value is -0.350. The number of benzene rings is 1. The lowest BCUT2D eigenvalue weighted by Gasteiger charge is -2.08. The molecular weight excluding hydrogens is 261 g/mol. The van der Waals surface area contributed by atoms with Crippen molar-refractivity contribution in [2.75, 3.05) is 0 Å². The molecule has 0 radical (unpaired) electrons. The average Bonchev–Trinajstić information content (AvgIpc) is 2.05. The molecule has 0 aliphatic carbocycles. The maximum Gasteiger partial charge on any atom is 0.0330 e. The monoisotopic (exact) mass is 273 g/mol. The van der Waals surface area contributed by atoms with E-state index in [-0.39, 0.29) is 6.04 Å². The van der Waals surface area contributed by atoms with Crippen molar-refractivity contribution in [1.82, 2.24) is 0 Å². The summed E-state index contributed by atoms with van der Waals surface area (Å²) in [4.78, 5) is 0. The van der Waals surface area contributed by atoms with Gasteiger partial charge in [-0.1, -0.05) is 18.2 Å². The lowest BCUT2D eigenvalue weighted by atomic mass is 10.1. The van der Waals surface area contributed by atoms with Crippen LogP contribution in [0.5, 0.6) is 0 Å². The lowest BCUT2D eigenvalue weighted by molar-refractivity contribution is 0.741. The normalized spacial score (nSPS) is 12.5. The second-order valence-corrected chi connectivity index (χ2v) is 3.93. The van der Waals surface area contributed by atoms with E-state index in [1.54, 1.807) is 0 Å². The first-order valence-corrected chi connectivity index (χ1v) is 4.94. The Balaban J connectivity index is 2.80. The van der Waals surface area contributed by atoms with Gasteiger partial charge in [0.05, 0.1) is 0 Å². The minimum Gasteiger partial charge on any atom is -0.324 e. The Labute approximate surface area is 86.8 Å². The molecule has 0 saturated carbocycles. The Morgan fingerprint density at radius 1 is 1.58 bits per heavy atom. The van der Waals surface area contributed by atoms with Gasteiger partial charge in [0.1, 0.15) is 0 Å². The van der Waals surface area contributed by atoms with Gasteiger partial charge in [0, 0.05) is 9.61 Å². The van der Waals surface area contributed by atoms with Crippen molar-refractivity contribution in [3.05, 3.63) is 46.1 Å². The first-order valence-electron chi connectivity index (χ1n) is 3.86. The van der Waals surface area contributed by atoms with Crippen LogP contribution in [0.25, 0.3) is 0 Å². The molecule has 0 amide bonds. The van der Waals surface area contributed by atoms with Crippen LogP contribution in [0.3, 0.4) is 0 Å². The van der Waals surface area contributed by atoms with Crippen LogP contribution >= 0.6 is 22.6 Å². The average molecular weight is 273 g/mol. The lowest BCUT2D eigenvalue weighted by Crippen LogP contribution is -2.08. The molecule has 0 aliphatic heterocycles. The number of hydrogen-bond acceptors (Lipinski definition) is 1. The van der Waals surface area contributed by atoms with Crippen LogP contribution in [0.15, 0.2) is 36.9 Å². The zero-order valence-electron chi connectivity index (χ0n) is 6.83. The third-order valence-electron chi connectivity index (χ3n) is 1.70. The van der Waals surface area contributed by atoms with E-state index >= 15 is 0 Å². The van der Waals surface area contributed by atoms with E-state index in [1.165, 1.54) is 9.13 Å². The first-order chi connectivity index (χ1) is 5.74. The maximum absolute atomic E-state index is 5.90. The summed E-state index contributed by atoms with van der Waals surface area (Å²) >= 11 is 2.29. The highest BCUT2D eigenvalue weighted by molar-refractivity contribution is 14.1. The predicted molar refractivity (Wildman–Crippen MR) is 60.9 cm³/mol. The maximum atomic E-state index is 5.90. The van der Waals surface area contributed by atoms with Crippen LogP contribution in [-0.2, 0) is 0 Å². The topological polar surface area (TPSA) is 26.0 Å². The van der Waals surface area contributed by atoms with E-state index in [9.17, 15) is 0 Å². The largest absolute Gasteiger partial charge is 0.324 e. The summed E-state index contributed by atoms with van der Waals surface area (Å²) < 4.78 is 1.23. The first kappa shape index (κ1) is 9.74. The van der Waals surface area contributed by atoms with Gasteiger partial charge < -0.3 is 5.73 Å². The number of nitrogens with two attached hydrogens (primary N) is 1. The molecule has 1 aromatic carbocycles. The van der Waals surface area contributed by atoms with E-state index < -0.39 is 0 Å². The Morgan fingerprint density at radius 2 is 2.33 bits per heavy atom. The van der Waals surface area contributed by atoms with Crippen molar-refractivity contribution in [2.45, 2.75) is 12.5 Å². The summed E-state index contributed by atoms with van der Waals surface area (Å²) in [6.07, 6.45) is 2.69. The Kier molecular flexibility index (Phi) is 3.75. The van der Waals surface area contributed by atoms with Gasteiger partial charge >= 0.3 is 0 Å². The van der Waals surface area contributed by atoms with Gasteiger partial charge in [-0.15, -0.1) is 6.58 Å². The molecule has 0 saturated heterocycles. The van der Waals surface area contributed by atoms with Gasteiger partial charge in [0.15, 0.2) is 0 Å². The minimum absolute atomic E-state index is 0.0946. The highest BCUT2D eigenvalue weighted by Gasteiger charge is 2.02. The van der Waals surface area contributed by atoms with Crippen molar-refractivity contribution in [3.63, 3.8) is 0 Å².